The van der Waals surface area contributed by atoms with Gasteiger partial charge in [0.05, 0.1) is 0 Å². The van der Waals surface area contributed by atoms with Crippen molar-refractivity contribution < 1.29 is 9.60 Å². The molecule has 5 heavy (non-hydrogen) atoms. The zero-order valence-electron chi connectivity index (χ0n) is 2.23. The molecule has 0 atom stereocenters. The summed E-state index contributed by atoms with van der Waals surface area (Å²) in [6.45, 7) is 0. The van der Waals surface area contributed by atoms with Gasteiger partial charge in [-0.1, -0.05) is 0 Å². The van der Waals surface area contributed by atoms with Crippen LogP contribution in [0.15, 0.2) is 0 Å². The molecule has 0 saturated heterocycles. The van der Waals surface area contributed by atoms with Crippen LogP contribution in [0.1, 0.15) is 0 Å². The van der Waals surface area contributed by atoms with Crippen molar-refractivity contribution in [2.75, 3.05) is 0 Å². The minimum Gasteiger partial charge on any atom is -0.288 e. The zero-order chi connectivity index (χ0) is 4.28. The van der Waals surface area contributed by atoms with Crippen LogP contribution in [0.5, 0.6) is 0 Å². The Kier molecular flexibility index (Phi) is 1.95. The smallest absolute Gasteiger partial charge is 0.276 e. The first-order chi connectivity index (χ1) is 2.27. The van der Waals surface area contributed by atoms with E-state index in [1.165, 1.54) is 0 Å². The lowest BCUT2D eigenvalue weighted by molar-refractivity contribution is 0.225. The lowest BCUT2D eigenvalue weighted by Crippen LogP contribution is -2.08. The van der Waals surface area contributed by atoms with Gasteiger partial charge in [-0.3, -0.25) is 5.21 Å². The Labute approximate surface area is 33.6 Å². The molecule has 30 valence electrons. The molecule has 0 fully saturated rings. The molecule has 0 amide bonds. The van der Waals surface area contributed by atoms with E-state index >= 15 is 0 Å². The lowest BCUT2D eigenvalue weighted by atomic mass is 11.4. The SMILES string of the molecule is ONC(F)=S. The molecule has 0 spiro atoms. The molecule has 0 aliphatic carbocycles. The van der Waals surface area contributed by atoms with Crippen molar-refractivity contribution in [2.24, 2.45) is 0 Å². The van der Waals surface area contributed by atoms with Gasteiger partial charge in [0, 0.05) is 0 Å². The minimum atomic E-state index is -1.11. The van der Waals surface area contributed by atoms with Gasteiger partial charge in [-0.05, 0) is 12.2 Å². The third-order valence-electron chi connectivity index (χ3n) is 0.0879. The Morgan fingerprint density at radius 1 is 2.00 bits per heavy atom. The van der Waals surface area contributed by atoms with Gasteiger partial charge < -0.3 is 0 Å². The minimum absolute atomic E-state index is 1.09. The van der Waals surface area contributed by atoms with E-state index in [1.807, 2.05) is 0 Å². The highest BCUT2D eigenvalue weighted by molar-refractivity contribution is 7.79. The summed E-state index contributed by atoms with van der Waals surface area (Å²) < 4.78 is 10.8. The van der Waals surface area contributed by atoms with Crippen LogP contribution in [0, 0.1) is 0 Å². The largest absolute Gasteiger partial charge is 0.288 e. The maximum Gasteiger partial charge on any atom is 0.276 e. The Morgan fingerprint density at radius 3 is 2.20 bits per heavy atom. The fourth-order valence-corrected chi connectivity index (χ4v) is 0. The first-order valence-corrected chi connectivity index (χ1v) is 1.27. The summed E-state index contributed by atoms with van der Waals surface area (Å²) in [5.41, 5.74) is 1.09. The normalized spacial score (nSPS) is 6.80. The Hall–Kier alpha value is -0.220. The molecule has 2 N–H and O–H groups in total. The highest BCUT2D eigenvalue weighted by Gasteiger charge is 1.75. The van der Waals surface area contributed by atoms with Gasteiger partial charge in [-0.25, -0.2) is 5.48 Å². The molecule has 0 radical (unpaired) electrons. The van der Waals surface area contributed by atoms with E-state index in [0.717, 1.165) is 5.48 Å². The molecule has 0 aliphatic rings. The number of halogens is 1. The maximum atomic E-state index is 10.8. The fourth-order valence-electron chi connectivity index (χ4n) is 0. The van der Waals surface area contributed by atoms with E-state index in [-0.39, 0.29) is 0 Å². The molecular formula is CH2FNOS. The van der Waals surface area contributed by atoms with E-state index in [9.17, 15) is 4.39 Å². The van der Waals surface area contributed by atoms with Crippen LogP contribution in [0.25, 0.3) is 0 Å². The van der Waals surface area contributed by atoms with Crippen molar-refractivity contribution >= 4 is 17.5 Å². The number of nitrogens with one attached hydrogen (secondary N) is 1. The maximum absolute atomic E-state index is 10.8. The second-order valence-electron chi connectivity index (χ2n) is 0.386. The summed E-state index contributed by atoms with van der Waals surface area (Å²) in [5, 5.41) is 6.27. The summed E-state index contributed by atoms with van der Waals surface area (Å²) >= 11 is 3.67. The molecule has 0 rings (SSSR count). The lowest BCUT2D eigenvalue weighted by Gasteiger charge is -1.78. The van der Waals surface area contributed by atoms with Crippen molar-refractivity contribution in [1.82, 2.24) is 5.48 Å². The third-order valence-corrected chi connectivity index (χ3v) is 0.179. The summed E-state index contributed by atoms with van der Waals surface area (Å²) in [4.78, 5) is 0. The van der Waals surface area contributed by atoms with Crippen LogP contribution in [-0.2, 0) is 0 Å². The standard InChI is InChI=1S/CH2FNOS/c2-1(5)3-4/h4H,(H,3,5). The van der Waals surface area contributed by atoms with E-state index < -0.39 is 5.24 Å². The van der Waals surface area contributed by atoms with Crippen LogP contribution in [0.3, 0.4) is 0 Å². The first kappa shape index (κ1) is 4.78. The Morgan fingerprint density at radius 2 is 2.20 bits per heavy atom. The second kappa shape index (κ2) is 2.04. The average molecular weight is 95.1 g/mol. The number of hydroxylamine groups is 1. The van der Waals surface area contributed by atoms with Crippen molar-refractivity contribution in [1.29, 1.82) is 0 Å². The van der Waals surface area contributed by atoms with Crippen molar-refractivity contribution in [3.63, 3.8) is 0 Å². The number of thiocarbonyl (C=S) groups is 1. The zero-order valence-corrected chi connectivity index (χ0v) is 3.05. The van der Waals surface area contributed by atoms with Crippen molar-refractivity contribution in [2.45, 2.75) is 0 Å². The van der Waals surface area contributed by atoms with Crippen molar-refractivity contribution in [3.05, 3.63) is 0 Å². The molecule has 0 aromatic carbocycles. The van der Waals surface area contributed by atoms with Gasteiger partial charge in [0.2, 0.25) is 0 Å². The third kappa shape index (κ3) is 3.78. The molecule has 4 heteroatoms. The van der Waals surface area contributed by atoms with Crippen LogP contribution >= 0.6 is 12.2 Å². The quantitative estimate of drug-likeness (QED) is 0.195. The van der Waals surface area contributed by atoms with Crippen LogP contribution in [0.4, 0.5) is 4.39 Å². The molecule has 2 nitrogen and oxygen atoms in total. The molecular weight excluding hydrogens is 93.1 g/mol. The Bertz CT molecular complexity index is 46.9. The summed E-state index contributed by atoms with van der Waals surface area (Å²) in [7, 11) is 0. The Balaban J connectivity index is 2.85. The number of rotatable bonds is 0. The van der Waals surface area contributed by atoms with Gasteiger partial charge >= 0.3 is 0 Å². The van der Waals surface area contributed by atoms with Gasteiger partial charge in [0.25, 0.3) is 5.24 Å². The molecule has 0 aromatic heterocycles. The van der Waals surface area contributed by atoms with Crippen molar-refractivity contribution in [3.8, 4) is 0 Å². The molecule has 0 heterocycles. The predicted octanol–water partition coefficient (Wildman–Crippen LogP) is 0.220. The van der Waals surface area contributed by atoms with E-state index in [0.29, 0.717) is 0 Å². The van der Waals surface area contributed by atoms with Crippen LogP contribution in [0.2, 0.25) is 0 Å². The molecule has 0 saturated carbocycles. The van der Waals surface area contributed by atoms with Gasteiger partial charge in [-0.15, -0.1) is 0 Å². The topological polar surface area (TPSA) is 32.3 Å². The molecule has 0 aromatic rings. The van der Waals surface area contributed by atoms with Crippen LogP contribution in [-0.4, -0.2) is 10.4 Å². The van der Waals surface area contributed by atoms with Crippen LogP contribution < -0.4 is 5.48 Å². The van der Waals surface area contributed by atoms with Gasteiger partial charge in [0.1, 0.15) is 0 Å². The predicted molar refractivity (Wildman–Crippen MR) is 18.6 cm³/mol. The van der Waals surface area contributed by atoms with Gasteiger partial charge in [-0.2, -0.15) is 4.39 Å². The second-order valence-corrected chi connectivity index (χ2v) is 0.744. The number of hydrogen-bond acceptors (Lipinski definition) is 2. The summed E-state index contributed by atoms with van der Waals surface area (Å²) in [5.74, 6) is 0. The van der Waals surface area contributed by atoms with E-state index in [2.05, 4.69) is 12.2 Å². The number of hydrogen-bond donors (Lipinski definition) is 2. The highest BCUT2D eigenvalue weighted by Crippen LogP contribution is 1.62. The highest BCUT2D eigenvalue weighted by atomic mass is 32.1. The fraction of sp³-hybridized carbons (Fsp3) is 0. The monoisotopic (exact) mass is 95.0 g/mol. The molecule has 0 aliphatic heterocycles. The molecule has 0 bridgehead atoms. The first-order valence-electron chi connectivity index (χ1n) is 0.867. The van der Waals surface area contributed by atoms with E-state index in [1.54, 1.807) is 0 Å². The summed E-state index contributed by atoms with van der Waals surface area (Å²) in [6.07, 6.45) is 0. The van der Waals surface area contributed by atoms with Gasteiger partial charge in [0.15, 0.2) is 0 Å². The van der Waals surface area contributed by atoms with E-state index in [4.69, 9.17) is 5.21 Å². The summed E-state index contributed by atoms with van der Waals surface area (Å²) in [6, 6.07) is 0. The molecule has 0 unspecified atom stereocenters. The average Bonchev–Trinajstić information content (AvgIpc) is 1.38.